The first-order valence-electron chi connectivity index (χ1n) is 8.31. The molecule has 1 saturated heterocycles. The number of nitrogens with one attached hydrogen (secondary N) is 1. The smallest absolute Gasteiger partial charge is 0.253 e. The Balaban J connectivity index is 1.76. The number of methoxy groups -OCH3 is 1. The third-order valence-corrected chi connectivity index (χ3v) is 4.83. The zero-order valence-corrected chi connectivity index (χ0v) is 14.0. The highest BCUT2D eigenvalue weighted by Crippen LogP contribution is 2.52. The molecule has 1 atom stereocenters. The first-order valence-corrected chi connectivity index (χ1v) is 8.31. The Labute approximate surface area is 140 Å². The van der Waals surface area contributed by atoms with Crippen molar-refractivity contribution in [3.8, 4) is 17.2 Å². The number of ether oxygens (including phenoxy) is 4. The number of amides is 1. The van der Waals surface area contributed by atoms with Gasteiger partial charge in [-0.15, -0.1) is 0 Å². The van der Waals surface area contributed by atoms with Gasteiger partial charge < -0.3 is 29.2 Å². The van der Waals surface area contributed by atoms with E-state index in [9.17, 15) is 4.79 Å². The van der Waals surface area contributed by atoms with E-state index in [0.29, 0.717) is 29.5 Å². The summed E-state index contributed by atoms with van der Waals surface area (Å²) in [5.41, 5.74) is 2.84. The van der Waals surface area contributed by atoms with E-state index in [1.165, 1.54) is 0 Å². The molecule has 1 N–H and O–H groups in total. The Morgan fingerprint density at radius 1 is 1.29 bits per heavy atom. The lowest BCUT2D eigenvalue weighted by atomic mass is 9.95. The van der Waals surface area contributed by atoms with E-state index in [1.807, 2.05) is 0 Å². The summed E-state index contributed by atoms with van der Waals surface area (Å²) in [6.45, 7) is 2.44. The molecule has 130 valence electrons. The third kappa shape index (κ3) is 2.48. The maximum absolute atomic E-state index is 12.5. The molecule has 3 aliphatic heterocycles. The number of carbonyl (C=O) groups excluding carboxylic acids is 1. The van der Waals surface area contributed by atoms with Crippen LogP contribution in [-0.4, -0.2) is 51.0 Å². The molecule has 0 saturated carbocycles. The summed E-state index contributed by atoms with van der Waals surface area (Å²) in [6.07, 6.45) is 2.11. The van der Waals surface area contributed by atoms with Crippen molar-refractivity contribution in [3.05, 3.63) is 11.1 Å². The van der Waals surface area contributed by atoms with Crippen LogP contribution in [0.5, 0.6) is 17.2 Å². The van der Waals surface area contributed by atoms with E-state index in [0.717, 1.165) is 43.5 Å². The summed E-state index contributed by atoms with van der Waals surface area (Å²) in [4.78, 5) is 14.8. The zero-order valence-electron chi connectivity index (χ0n) is 14.0. The minimum Gasteiger partial charge on any atom is -0.492 e. The molecule has 1 aromatic carbocycles. The lowest BCUT2D eigenvalue weighted by Gasteiger charge is -2.29. The summed E-state index contributed by atoms with van der Waals surface area (Å²) in [6, 6.07) is 0. The molecule has 0 radical (unpaired) electrons. The topological polar surface area (TPSA) is 69.3 Å². The largest absolute Gasteiger partial charge is 0.492 e. The van der Waals surface area contributed by atoms with Crippen LogP contribution in [0.25, 0.3) is 0 Å². The molecule has 0 bridgehead atoms. The summed E-state index contributed by atoms with van der Waals surface area (Å²) in [7, 11) is 3.70. The second-order valence-electron chi connectivity index (χ2n) is 6.41. The fourth-order valence-corrected chi connectivity index (χ4v) is 3.63. The average Bonchev–Trinajstić information content (AvgIpc) is 3.26. The van der Waals surface area contributed by atoms with Crippen LogP contribution in [0.3, 0.4) is 0 Å². The van der Waals surface area contributed by atoms with Gasteiger partial charge in [-0.1, -0.05) is 0 Å². The molecule has 1 fully saturated rings. The molecule has 4 rings (SSSR count). The van der Waals surface area contributed by atoms with Crippen molar-refractivity contribution in [2.75, 3.05) is 39.4 Å². The van der Waals surface area contributed by atoms with Crippen molar-refractivity contribution < 1.29 is 23.7 Å². The highest BCUT2D eigenvalue weighted by Gasteiger charge is 2.34. The Morgan fingerprint density at radius 2 is 2.12 bits per heavy atom. The van der Waals surface area contributed by atoms with Crippen molar-refractivity contribution in [2.45, 2.75) is 31.9 Å². The quantitative estimate of drug-likeness (QED) is 0.904. The van der Waals surface area contributed by atoms with Crippen molar-refractivity contribution in [1.29, 1.82) is 0 Å². The van der Waals surface area contributed by atoms with Gasteiger partial charge in [0.2, 0.25) is 12.5 Å². The predicted molar refractivity (Wildman–Crippen MR) is 86.8 cm³/mol. The predicted octanol–water partition coefficient (Wildman–Crippen LogP) is 1.53. The van der Waals surface area contributed by atoms with Gasteiger partial charge in [0.1, 0.15) is 6.10 Å². The molecule has 3 aliphatic rings. The molecule has 7 heteroatoms. The van der Waals surface area contributed by atoms with Crippen LogP contribution in [0, 0.1) is 0 Å². The molecule has 0 unspecified atom stereocenters. The minimum absolute atomic E-state index is 0.114. The van der Waals surface area contributed by atoms with Crippen LogP contribution in [-0.2, 0) is 22.5 Å². The minimum atomic E-state index is -0.382. The first kappa shape index (κ1) is 15.5. The molecular formula is C17H22N2O5. The molecule has 0 spiro atoms. The highest BCUT2D eigenvalue weighted by molar-refractivity contribution is 5.98. The summed E-state index contributed by atoms with van der Waals surface area (Å²) < 4.78 is 22.4. The normalized spacial score (nSPS) is 22.3. The number of nitrogens with zero attached hydrogens (tertiary/aromatic N) is 1. The molecule has 0 aliphatic carbocycles. The van der Waals surface area contributed by atoms with E-state index in [-0.39, 0.29) is 18.8 Å². The van der Waals surface area contributed by atoms with Gasteiger partial charge in [-0.25, -0.2) is 0 Å². The molecule has 24 heavy (non-hydrogen) atoms. The van der Waals surface area contributed by atoms with Crippen LogP contribution in [0.4, 0.5) is 5.69 Å². The Kier molecular flexibility index (Phi) is 3.97. The maximum Gasteiger partial charge on any atom is 0.253 e. The van der Waals surface area contributed by atoms with E-state index >= 15 is 0 Å². The number of hydrogen-bond acceptors (Lipinski definition) is 6. The van der Waals surface area contributed by atoms with Gasteiger partial charge in [0.15, 0.2) is 11.5 Å². The Bertz CT molecular complexity index is 670. The Hall–Kier alpha value is -1.99. The van der Waals surface area contributed by atoms with Gasteiger partial charge in [-0.05, 0) is 31.9 Å². The van der Waals surface area contributed by atoms with Crippen LogP contribution in [0.15, 0.2) is 0 Å². The van der Waals surface area contributed by atoms with E-state index in [4.69, 9.17) is 18.9 Å². The van der Waals surface area contributed by atoms with Crippen LogP contribution in [0.1, 0.15) is 24.0 Å². The van der Waals surface area contributed by atoms with Gasteiger partial charge in [0.05, 0.1) is 12.8 Å². The molecule has 3 heterocycles. The first-order chi connectivity index (χ1) is 11.7. The van der Waals surface area contributed by atoms with Gasteiger partial charge >= 0.3 is 0 Å². The second-order valence-corrected chi connectivity index (χ2v) is 6.41. The van der Waals surface area contributed by atoms with Crippen molar-refractivity contribution >= 4 is 11.6 Å². The fraction of sp³-hybridized carbons (Fsp3) is 0.588. The van der Waals surface area contributed by atoms with Crippen LogP contribution in [0.2, 0.25) is 0 Å². The molecule has 7 nitrogen and oxygen atoms in total. The highest BCUT2D eigenvalue weighted by atomic mass is 16.7. The lowest BCUT2D eigenvalue weighted by Crippen LogP contribution is -2.31. The van der Waals surface area contributed by atoms with Gasteiger partial charge in [0, 0.05) is 25.3 Å². The van der Waals surface area contributed by atoms with Crippen molar-refractivity contribution in [1.82, 2.24) is 4.90 Å². The number of rotatable bonds is 3. The summed E-state index contributed by atoms with van der Waals surface area (Å²) in [5, 5.41) is 3.04. The van der Waals surface area contributed by atoms with Gasteiger partial charge in [-0.2, -0.15) is 0 Å². The van der Waals surface area contributed by atoms with E-state index in [2.05, 4.69) is 17.3 Å². The number of likely N-dealkylation sites (N-methyl/N-ethyl adjacent to an activating group) is 1. The number of anilines is 1. The van der Waals surface area contributed by atoms with E-state index in [1.54, 1.807) is 7.11 Å². The third-order valence-electron chi connectivity index (χ3n) is 4.83. The standard InChI is InChI=1S/C17H22N2O5/c1-19-6-5-10-11(8-19)14(21-2)16-15(23-9-24-16)13(10)18-17(20)12-4-3-7-22-12/h12H,3-9H2,1-2H3,(H,18,20)/t12-/m1/s1. The van der Waals surface area contributed by atoms with Crippen LogP contribution >= 0.6 is 0 Å². The number of hydrogen-bond donors (Lipinski definition) is 1. The maximum atomic E-state index is 12.5. The number of carbonyl (C=O) groups is 1. The second kappa shape index (κ2) is 6.14. The fourth-order valence-electron chi connectivity index (χ4n) is 3.63. The van der Waals surface area contributed by atoms with Crippen LogP contribution < -0.4 is 19.5 Å². The molecule has 1 aromatic rings. The summed E-state index contributed by atoms with van der Waals surface area (Å²) in [5.74, 6) is 1.74. The monoisotopic (exact) mass is 334 g/mol. The zero-order chi connectivity index (χ0) is 16.7. The molecule has 1 amide bonds. The van der Waals surface area contributed by atoms with Gasteiger partial charge in [-0.3, -0.25) is 4.79 Å². The SMILES string of the molecule is COc1c2c(c(NC(=O)[C@H]3CCCO3)c3c1OCO3)CCN(C)C2. The Morgan fingerprint density at radius 3 is 2.88 bits per heavy atom. The van der Waals surface area contributed by atoms with E-state index < -0.39 is 0 Å². The number of fused-ring (bicyclic) bond motifs is 2. The average molecular weight is 334 g/mol. The molecule has 0 aromatic heterocycles. The molecular weight excluding hydrogens is 312 g/mol. The lowest BCUT2D eigenvalue weighted by molar-refractivity contribution is -0.124. The number of benzene rings is 1. The van der Waals surface area contributed by atoms with Crippen molar-refractivity contribution in [2.24, 2.45) is 0 Å². The van der Waals surface area contributed by atoms with Gasteiger partial charge in [0.25, 0.3) is 5.91 Å². The summed E-state index contributed by atoms with van der Waals surface area (Å²) >= 11 is 0. The van der Waals surface area contributed by atoms with Crippen molar-refractivity contribution in [3.63, 3.8) is 0 Å².